The minimum Gasteiger partial charge on any atom is -0.366 e. The summed E-state index contributed by atoms with van der Waals surface area (Å²) in [7, 11) is 0. The fourth-order valence-electron chi connectivity index (χ4n) is 1.96. The van der Waals surface area contributed by atoms with Crippen LogP contribution in [0.5, 0.6) is 0 Å². The third-order valence-electron chi connectivity index (χ3n) is 2.89. The van der Waals surface area contributed by atoms with Crippen LogP contribution in [0.15, 0.2) is 30.5 Å². The Morgan fingerprint density at radius 2 is 1.78 bits per heavy atom. The highest BCUT2D eigenvalue weighted by molar-refractivity contribution is 5.39. The molecule has 0 spiro atoms. The summed E-state index contributed by atoms with van der Waals surface area (Å²) < 4.78 is 13.5. The summed E-state index contributed by atoms with van der Waals surface area (Å²) in [4.78, 5) is 4.23. The molecule has 0 fully saturated rings. The molecule has 2 aromatic rings. The number of nitrogens with one attached hydrogen (secondary N) is 1. The van der Waals surface area contributed by atoms with Crippen LogP contribution in [0.25, 0.3) is 0 Å². The van der Waals surface area contributed by atoms with E-state index in [1.165, 1.54) is 5.56 Å². The van der Waals surface area contributed by atoms with Crippen LogP contribution in [-0.4, -0.2) is 4.98 Å². The van der Waals surface area contributed by atoms with E-state index in [9.17, 15) is 4.39 Å². The molecule has 0 aliphatic carbocycles. The fraction of sp³-hybridized carbons (Fsp3) is 0.267. The summed E-state index contributed by atoms with van der Waals surface area (Å²) in [5.74, 6) is 0.724. The average molecular weight is 244 g/mol. The van der Waals surface area contributed by atoms with Crippen molar-refractivity contribution in [2.75, 3.05) is 5.32 Å². The average Bonchev–Trinajstić information content (AvgIpc) is 2.33. The van der Waals surface area contributed by atoms with Crippen molar-refractivity contribution in [2.45, 2.75) is 27.3 Å². The van der Waals surface area contributed by atoms with E-state index in [4.69, 9.17) is 0 Å². The zero-order valence-electron chi connectivity index (χ0n) is 10.9. The maximum absolute atomic E-state index is 13.5. The van der Waals surface area contributed by atoms with Crippen LogP contribution in [-0.2, 0) is 6.54 Å². The second-order valence-electron chi connectivity index (χ2n) is 4.62. The highest BCUT2D eigenvalue weighted by atomic mass is 19.1. The lowest BCUT2D eigenvalue weighted by molar-refractivity contribution is 0.608. The number of benzene rings is 1. The first-order valence-electron chi connectivity index (χ1n) is 5.98. The van der Waals surface area contributed by atoms with Crippen LogP contribution in [0.2, 0.25) is 0 Å². The van der Waals surface area contributed by atoms with Gasteiger partial charge in [0.25, 0.3) is 0 Å². The molecule has 94 valence electrons. The summed E-state index contributed by atoms with van der Waals surface area (Å²) >= 11 is 0. The number of aryl methyl sites for hydroxylation is 3. The number of halogens is 1. The van der Waals surface area contributed by atoms with Gasteiger partial charge in [-0.1, -0.05) is 12.1 Å². The van der Waals surface area contributed by atoms with Crippen LogP contribution in [0.3, 0.4) is 0 Å². The SMILES string of the molecule is Cc1ccnc(NCc2cc(C)c(F)c(C)c2)c1. The molecular formula is C15H17FN2. The van der Waals surface area contributed by atoms with Gasteiger partial charge in [-0.3, -0.25) is 0 Å². The Kier molecular flexibility index (Phi) is 3.60. The molecule has 18 heavy (non-hydrogen) atoms. The summed E-state index contributed by atoms with van der Waals surface area (Å²) in [6, 6.07) is 7.68. The molecule has 2 nitrogen and oxygen atoms in total. The fourth-order valence-corrected chi connectivity index (χ4v) is 1.96. The highest BCUT2D eigenvalue weighted by Gasteiger charge is 2.04. The van der Waals surface area contributed by atoms with Gasteiger partial charge in [0.1, 0.15) is 11.6 Å². The Labute approximate surface area is 107 Å². The predicted molar refractivity (Wildman–Crippen MR) is 72.2 cm³/mol. The normalized spacial score (nSPS) is 10.4. The second-order valence-corrected chi connectivity index (χ2v) is 4.62. The lowest BCUT2D eigenvalue weighted by Gasteiger charge is -2.09. The summed E-state index contributed by atoms with van der Waals surface area (Å²) in [5, 5.41) is 3.24. The molecule has 0 saturated heterocycles. The topological polar surface area (TPSA) is 24.9 Å². The largest absolute Gasteiger partial charge is 0.366 e. The van der Waals surface area contributed by atoms with E-state index in [1.807, 2.05) is 31.2 Å². The zero-order chi connectivity index (χ0) is 13.1. The number of hydrogen-bond acceptors (Lipinski definition) is 2. The van der Waals surface area contributed by atoms with Crippen molar-refractivity contribution in [1.82, 2.24) is 4.98 Å². The Bertz CT molecular complexity index is 541. The van der Waals surface area contributed by atoms with Crippen LogP contribution in [0.1, 0.15) is 22.3 Å². The Morgan fingerprint density at radius 3 is 2.39 bits per heavy atom. The molecular weight excluding hydrogens is 227 g/mol. The number of hydrogen-bond donors (Lipinski definition) is 1. The highest BCUT2D eigenvalue weighted by Crippen LogP contribution is 2.16. The van der Waals surface area contributed by atoms with Crippen LogP contribution < -0.4 is 5.32 Å². The van der Waals surface area contributed by atoms with Gasteiger partial charge in [0.2, 0.25) is 0 Å². The summed E-state index contributed by atoms with van der Waals surface area (Å²) in [6.07, 6.45) is 1.78. The van der Waals surface area contributed by atoms with Crippen molar-refractivity contribution < 1.29 is 4.39 Å². The maximum Gasteiger partial charge on any atom is 0.129 e. The van der Waals surface area contributed by atoms with E-state index in [1.54, 1.807) is 20.0 Å². The zero-order valence-corrected chi connectivity index (χ0v) is 10.9. The third-order valence-corrected chi connectivity index (χ3v) is 2.89. The lowest BCUT2D eigenvalue weighted by Crippen LogP contribution is -2.03. The molecule has 0 unspecified atom stereocenters. The van der Waals surface area contributed by atoms with E-state index in [0.29, 0.717) is 17.7 Å². The first-order chi connectivity index (χ1) is 8.56. The first kappa shape index (κ1) is 12.6. The minimum absolute atomic E-state index is 0.118. The molecule has 2 rings (SSSR count). The van der Waals surface area contributed by atoms with Gasteiger partial charge in [0.05, 0.1) is 0 Å². The molecule has 0 aliphatic heterocycles. The van der Waals surface area contributed by atoms with Gasteiger partial charge in [-0.15, -0.1) is 0 Å². The molecule has 1 aromatic carbocycles. The van der Waals surface area contributed by atoms with E-state index in [-0.39, 0.29) is 5.82 Å². The van der Waals surface area contributed by atoms with Gasteiger partial charge in [-0.2, -0.15) is 0 Å². The van der Waals surface area contributed by atoms with Gasteiger partial charge in [-0.25, -0.2) is 9.37 Å². The summed E-state index contributed by atoms with van der Waals surface area (Å²) in [6.45, 7) is 6.25. The Balaban J connectivity index is 2.11. The molecule has 0 atom stereocenters. The molecule has 1 heterocycles. The van der Waals surface area contributed by atoms with Gasteiger partial charge in [-0.05, 0) is 55.2 Å². The van der Waals surface area contributed by atoms with Crippen molar-refractivity contribution >= 4 is 5.82 Å². The number of rotatable bonds is 3. The lowest BCUT2D eigenvalue weighted by atomic mass is 10.1. The van der Waals surface area contributed by atoms with Crippen LogP contribution in [0, 0.1) is 26.6 Å². The monoisotopic (exact) mass is 244 g/mol. The number of anilines is 1. The Hall–Kier alpha value is -1.90. The van der Waals surface area contributed by atoms with Crippen molar-refractivity contribution in [1.29, 1.82) is 0 Å². The van der Waals surface area contributed by atoms with Gasteiger partial charge >= 0.3 is 0 Å². The number of aromatic nitrogens is 1. The minimum atomic E-state index is -0.118. The second kappa shape index (κ2) is 5.17. The predicted octanol–water partition coefficient (Wildman–Crippen LogP) is 3.76. The molecule has 0 saturated carbocycles. The van der Waals surface area contributed by atoms with E-state index < -0.39 is 0 Å². The van der Waals surface area contributed by atoms with Gasteiger partial charge in [0, 0.05) is 12.7 Å². The molecule has 1 aromatic heterocycles. The quantitative estimate of drug-likeness (QED) is 0.889. The van der Waals surface area contributed by atoms with Crippen molar-refractivity contribution in [3.8, 4) is 0 Å². The van der Waals surface area contributed by atoms with Gasteiger partial charge in [0.15, 0.2) is 0 Å². The molecule has 1 N–H and O–H groups in total. The Morgan fingerprint density at radius 1 is 1.11 bits per heavy atom. The molecule has 0 amide bonds. The smallest absolute Gasteiger partial charge is 0.129 e. The number of nitrogens with zero attached hydrogens (tertiary/aromatic N) is 1. The first-order valence-corrected chi connectivity index (χ1v) is 5.98. The van der Waals surface area contributed by atoms with E-state index in [2.05, 4.69) is 10.3 Å². The molecule has 0 aliphatic rings. The third kappa shape index (κ3) is 2.86. The van der Waals surface area contributed by atoms with Crippen molar-refractivity contribution in [3.63, 3.8) is 0 Å². The standard InChI is InChI=1S/C15H17FN2/c1-10-4-5-17-14(6-10)18-9-13-7-11(2)15(16)12(3)8-13/h4-8H,9H2,1-3H3,(H,17,18). The summed E-state index contributed by atoms with van der Waals surface area (Å²) in [5.41, 5.74) is 3.60. The van der Waals surface area contributed by atoms with Crippen LogP contribution >= 0.6 is 0 Å². The van der Waals surface area contributed by atoms with E-state index >= 15 is 0 Å². The number of pyridine rings is 1. The molecule has 0 bridgehead atoms. The van der Waals surface area contributed by atoms with Crippen LogP contribution in [0.4, 0.5) is 10.2 Å². The van der Waals surface area contributed by atoms with Crippen molar-refractivity contribution in [3.05, 3.63) is 58.5 Å². The molecule has 0 radical (unpaired) electrons. The van der Waals surface area contributed by atoms with Gasteiger partial charge < -0.3 is 5.32 Å². The van der Waals surface area contributed by atoms with E-state index in [0.717, 1.165) is 11.4 Å². The van der Waals surface area contributed by atoms with Crippen molar-refractivity contribution in [2.24, 2.45) is 0 Å². The maximum atomic E-state index is 13.5. The molecule has 3 heteroatoms.